The van der Waals surface area contributed by atoms with Crippen molar-refractivity contribution in [2.75, 3.05) is 21.3 Å². The molecule has 3 aromatic carbocycles. The van der Waals surface area contributed by atoms with Crippen LogP contribution in [-0.4, -0.2) is 37.6 Å². The monoisotopic (exact) mass is 498 g/mol. The molecule has 0 saturated heterocycles. The van der Waals surface area contributed by atoms with Gasteiger partial charge in [0, 0.05) is 22.5 Å². The van der Waals surface area contributed by atoms with Gasteiger partial charge in [-0.3, -0.25) is 0 Å². The number of oxime groups is 1. The maximum absolute atomic E-state index is 11.6. The summed E-state index contributed by atoms with van der Waals surface area (Å²) in [6.07, 6.45) is 0. The first-order chi connectivity index (χ1) is 17.9. The molecule has 0 saturated carbocycles. The Morgan fingerprint density at radius 2 is 1.57 bits per heavy atom. The van der Waals surface area contributed by atoms with Crippen LogP contribution in [0.25, 0.3) is 16.9 Å². The predicted octanol–water partition coefficient (Wildman–Crippen LogP) is 6.20. The van der Waals surface area contributed by atoms with Gasteiger partial charge < -0.3 is 23.6 Å². The second-order valence-electron chi connectivity index (χ2n) is 8.43. The Labute approximate surface area is 216 Å². The Kier molecular flexibility index (Phi) is 7.93. The SMILES string of the molecule is COC(=O)c1ccc(CO/N=C(/C)c2cc(-c3cccc(OC)c3)n(-c3ccc(OC)cc3)c2C)cc1. The van der Waals surface area contributed by atoms with Gasteiger partial charge in [0.15, 0.2) is 0 Å². The van der Waals surface area contributed by atoms with Gasteiger partial charge in [0.05, 0.1) is 38.3 Å². The number of benzene rings is 3. The molecule has 0 amide bonds. The van der Waals surface area contributed by atoms with Crippen LogP contribution in [0.3, 0.4) is 0 Å². The van der Waals surface area contributed by atoms with Gasteiger partial charge >= 0.3 is 5.97 Å². The zero-order valence-corrected chi connectivity index (χ0v) is 21.6. The first-order valence-electron chi connectivity index (χ1n) is 11.8. The molecule has 0 N–H and O–H groups in total. The Balaban J connectivity index is 1.65. The maximum atomic E-state index is 11.6. The summed E-state index contributed by atoms with van der Waals surface area (Å²) < 4.78 is 17.7. The van der Waals surface area contributed by atoms with Crippen LogP contribution >= 0.6 is 0 Å². The van der Waals surface area contributed by atoms with Crippen molar-refractivity contribution in [1.29, 1.82) is 0 Å². The van der Waals surface area contributed by atoms with Crippen molar-refractivity contribution in [2.45, 2.75) is 20.5 Å². The summed E-state index contributed by atoms with van der Waals surface area (Å²) in [6, 6.07) is 25.1. The molecule has 4 aromatic rings. The van der Waals surface area contributed by atoms with E-state index >= 15 is 0 Å². The van der Waals surface area contributed by atoms with Gasteiger partial charge in [0.2, 0.25) is 0 Å². The van der Waals surface area contributed by atoms with E-state index in [4.69, 9.17) is 19.0 Å². The molecule has 7 heteroatoms. The molecule has 0 bridgehead atoms. The highest BCUT2D eigenvalue weighted by molar-refractivity contribution is 6.01. The van der Waals surface area contributed by atoms with Crippen molar-refractivity contribution in [3.8, 4) is 28.4 Å². The normalized spacial score (nSPS) is 11.2. The van der Waals surface area contributed by atoms with Crippen LogP contribution in [0, 0.1) is 6.92 Å². The first kappa shape index (κ1) is 25.6. The third-order valence-electron chi connectivity index (χ3n) is 6.14. The van der Waals surface area contributed by atoms with Crippen LogP contribution in [0.5, 0.6) is 11.5 Å². The summed E-state index contributed by atoms with van der Waals surface area (Å²) in [5.41, 5.74) is 7.15. The molecule has 1 aromatic heterocycles. The Morgan fingerprint density at radius 1 is 0.865 bits per heavy atom. The fourth-order valence-corrected chi connectivity index (χ4v) is 4.14. The molecule has 0 radical (unpaired) electrons. The average molecular weight is 499 g/mol. The standard InChI is InChI=1S/C30H30N2O5/c1-20(31-37-19-22-9-11-23(12-10-22)30(33)36-5)28-18-29(24-7-6-8-27(17-24)35-4)32(21(28)2)25-13-15-26(34-3)16-14-25/h6-18H,19H2,1-5H3/b31-20-. The van der Waals surface area contributed by atoms with Gasteiger partial charge in [-0.1, -0.05) is 29.4 Å². The third kappa shape index (κ3) is 5.67. The molecule has 0 fully saturated rings. The third-order valence-corrected chi connectivity index (χ3v) is 6.14. The summed E-state index contributed by atoms with van der Waals surface area (Å²) in [5.74, 6) is 1.21. The van der Waals surface area contributed by atoms with E-state index in [1.807, 2.05) is 61.5 Å². The van der Waals surface area contributed by atoms with Gasteiger partial charge in [-0.15, -0.1) is 0 Å². The molecule has 7 nitrogen and oxygen atoms in total. The average Bonchev–Trinajstić information content (AvgIpc) is 3.30. The number of esters is 1. The summed E-state index contributed by atoms with van der Waals surface area (Å²) in [4.78, 5) is 17.3. The van der Waals surface area contributed by atoms with Crippen molar-refractivity contribution >= 4 is 11.7 Å². The van der Waals surface area contributed by atoms with E-state index in [2.05, 4.69) is 28.8 Å². The molecule has 0 aliphatic carbocycles. The van der Waals surface area contributed by atoms with Gasteiger partial charge in [-0.25, -0.2) is 4.79 Å². The number of hydrogen-bond donors (Lipinski definition) is 0. The van der Waals surface area contributed by atoms with Crippen LogP contribution < -0.4 is 9.47 Å². The molecule has 37 heavy (non-hydrogen) atoms. The highest BCUT2D eigenvalue weighted by Gasteiger charge is 2.18. The van der Waals surface area contributed by atoms with Crippen molar-refractivity contribution in [3.63, 3.8) is 0 Å². The maximum Gasteiger partial charge on any atom is 0.337 e. The molecule has 0 unspecified atom stereocenters. The molecule has 4 rings (SSSR count). The van der Waals surface area contributed by atoms with Crippen LogP contribution in [0.1, 0.15) is 34.1 Å². The lowest BCUT2D eigenvalue weighted by atomic mass is 10.1. The quantitative estimate of drug-likeness (QED) is 0.156. The number of methoxy groups -OCH3 is 3. The van der Waals surface area contributed by atoms with Gasteiger partial charge in [-0.05, 0) is 74.0 Å². The number of aromatic nitrogens is 1. The number of rotatable bonds is 9. The fraction of sp³-hybridized carbons (Fsp3) is 0.200. The zero-order chi connectivity index (χ0) is 26.4. The minimum Gasteiger partial charge on any atom is -0.497 e. The van der Waals surface area contributed by atoms with Crippen LogP contribution in [0.2, 0.25) is 0 Å². The van der Waals surface area contributed by atoms with E-state index in [-0.39, 0.29) is 12.6 Å². The van der Waals surface area contributed by atoms with E-state index in [0.717, 1.165) is 51.0 Å². The van der Waals surface area contributed by atoms with Gasteiger partial charge in [0.1, 0.15) is 18.1 Å². The summed E-state index contributed by atoms with van der Waals surface area (Å²) in [6.45, 7) is 4.27. The van der Waals surface area contributed by atoms with Crippen LogP contribution in [0.15, 0.2) is 84.0 Å². The number of carbonyl (C=O) groups excluding carboxylic acids is 1. The highest BCUT2D eigenvalue weighted by Crippen LogP contribution is 2.32. The Bertz CT molecular complexity index is 1400. The van der Waals surface area contributed by atoms with Crippen molar-refractivity contribution in [2.24, 2.45) is 5.16 Å². The van der Waals surface area contributed by atoms with E-state index in [1.165, 1.54) is 7.11 Å². The summed E-state index contributed by atoms with van der Waals surface area (Å²) in [5, 5.41) is 4.39. The fourth-order valence-electron chi connectivity index (χ4n) is 4.14. The molecule has 0 aliphatic heterocycles. The lowest BCUT2D eigenvalue weighted by Crippen LogP contribution is -2.03. The Hall–Kier alpha value is -4.52. The number of nitrogens with zero attached hydrogens (tertiary/aromatic N) is 2. The topological polar surface area (TPSA) is 71.3 Å². The highest BCUT2D eigenvalue weighted by atomic mass is 16.6. The number of ether oxygens (including phenoxy) is 3. The van der Waals surface area contributed by atoms with Crippen molar-refractivity contribution in [3.05, 3.63) is 101 Å². The van der Waals surface area contributed by atoms with E-state index in [0.29, 0.717) is 5.56 Å². The molecular formula is C30H30N2O5. The van der Waals surface area contributed by atoms with Gasteiger partial charge in [0.25, 0.3) is 0 Å². The van der Waals surface area contributed by atoms with Gasteiger partial charge in [-0.2, -0.15) is 0 Å². The lowest BCUT2D eigenvalue weighted by Gasteiger charge is -2.13. The number of hydrogen-bond acceptors (Lipinski definition) is 6. The Morgan fingerprint density at radius 3 is 2.22 bits per heavy atom. The largest absolute Gasteiger partial charge is 0.497 e. The second kappa shape index (κ2) is 11.5. The molecule has 1 heterocycles. The lowest BCUT2D eigenvalue weighted by molar-refractivity contribution is 0.0600. The molecule has 0 spiro atoms. The smallest absolute Gasteiger partial charge is 0.337 e. The van der Waals surface area contributed by atoms with Crippen molar-refractivity contribution in [1.82, 2.24) is 4.57 Å². The van der Waals surface area contributed by atoms with E-state index in [9.17, 15) is 4.79 Å². The van der Waals surface area contributed by atoms with Crippen molar-refractivity contribution < 1.29 is 23.8 Å². The zero-order valence-electron chi connectivity index (χ0n) is 21.6. The first-order valence-corrected chi connectivity index (χ1v) is 11.8. The number of carbonyl (C=O) groups is 1. The summed E-state index contributed by atoms with van der Waals surface area (Å²) >= 11 is 0. The molecule has 0 atom stereocenters. The molecule has 0 aliphatic rings. The molecule has 190 valence electrons. The summed E-state index contributed by atoms with van der Waals surface area (Å²) in [7, 11) is 4.68. The molecular weight excluding hydrogens is 468 g/mol. The predicted molar refractivity (Wildman–Crippen MR) is 144 cm³/mol. The second-order valence-corrected chi connectivity index (χ2v) is 8.43. The van der Waals surface area contributed by atoms with E-state index in [1.54, 1.807) is 26.4 Å². The van der Waals surface area contributed by atoms with Crippen LogP contribution in [0.4, 0.5) is 0 Å². The minimum absolute atomic E-state index is 0.278. The van der Waals surface area contributed by atoms with E-state index < -0.39 is 0 Å². The minimum atomic E-state index is -0.370. The van der Waals surface area contributed by atoms with Crippen LogP contribution in [-0.2, 0) is 16.2 Å².